The zero-order valence-electron chi connectivity index (χ0n) is 11.6. The van der Waals surface area contributed by atoms with E-state index in [0.717, 1.165) is 11.2 Å². The Morgan fingerprint density at radius 3 is 3.00 bits per heavy atom. The second-order valence-corrected chi connectivity index (χ2v) is 4.73. The molecule has 8 nitrogen and oxygen atoms in total. The molecule has 0 unspecified atom stereocenters. The summed E-state index contributed by atoms with van der Waals surface area (Å²) in [5, 5.41) is 26.4. The number of carbonyl (C=O) groups is 1. The number of tetrazole rings is 1. The molecule has 2 aromatic heterocycles. The van der Waals surface area contributed by atoms with Gasteiger partial charge >= 0.3 is 0 Å². The summed E-state index contributed by atoms with van der Waals surface area (Å²) in [6.45, 7) is 2.05. The van der Waals surface area contributed by atoms with Crippen molar-refractivity contribution in [3.63, 3.8) is 0 Å². The van der Waals surface area contributed by atoms with Crippen LogP contribution in [-0.2, 0) is 13.6 Å². The van der Waals surface area contributed by atoms with Gasteiger partial charge in [0.2, 0.25) is 0 Å². The van der Waals surface area contributed by atoms with Crippen LogP contribution in [0.3, 0.4) is 0 Å². The molecule has 0 aliphatic heterocycles. The van der Waals surface area contributed by atoms with Gasteiger partial charge in [0.05, 0.1) is 12.1 Å². The van der Waals surface area contributed by atoms with Crippen molar-refractivity contribution in [3.8, 4) is 5.75 Å². The van der Waals surface area contributed by atoms with Crippen LogP contribution in [-0.4, -0.2) is 36.2 Å². The molecule has 0 saturated carbocycles. The number of hydrogen-bond donors (Lipinski definition) is 3. The van der Waals surface area contributed by atoms with E-state index >= 15 is 0 Å². The number of nitrogens with one attached hydrogen (secondary N) is 2. The standard InChI is InChI=1S/C13H14N6O2/c1-7-12(13(21)14-6-11-15-17-18-16-11)9-5-8(20)3-4-10(9)19(7)2/h3-5,20H,6H2,1-2H3,(H,14,21)(H,15,16,17,18). The van der Waals surface area contributed by atoms with Gasteiger partial charge in [-0.2, -0.15) is 5.21 Å². The second-order valence-electron chi connectivity index (χ2n) is 4.73. The van der Waals surface area contributed by atoms with Crippen LogP contribution < -0.4 is 5.32 Å². The lowest BCUT2D eigenvalue weighted by Gasteiger charge is -2.03. The Balaban J connectivity index is 1.97. The lowest BCUT2D eigenvalue weighted by atomic mass is 10.1. The Kier molecular flexibility index (Phi) is 3.05. The van der Waals surface area contributed by atoms with Crippen molar-refractivity contribution in [2.24, 2.45) is 7.05 Å². The Labute approximate surface area is 119 Å². The van der Waals surface area contributed by atoms with Crippen LogP contribution >= 0.6 is 0 Å². The van der Waals surface area contributed by atoms with Crippen molar-refractivity contribution < 1.29 is 9.90 Å². The third-order valence-corrected chi connectivity index (χ3v) is 3.50. The molecule has 0 spiro atoms. The first kappa shape index (κ1) is 13.1. The zero-order valence-corrected chi connectivity index (χ0v) is 11.6. The zero-order chi connectivity index (χ0) is 15.0. The number of aromatic amines is 1. The molecule has 0 atom stereocenters. The molecule has 1 amide bonds. The van der Waals surface area contributed by atoms with Crippen LogP contribution in [0.25, 0.3) is 10.9 Å². The summed E-state index contributed by atoms with van der Waals surface area (Å²) < 4.78 is 1.91. The fourth-order valence-electron chi connectivity index (χ4n) is 2.35. The Hall–Kier alpha value is -2.90. The molecule has 3 N–H and O–H groups in total. The highest BCUT2D eigenvalue weighted by molar-refractivity contribution is 6.08. The van der Waals surface area contributed by atoms with E-state index in [1.165, 1.54) is 0 Å². The molecule has 1 aromatic carbocycles. The van der Waals surface area contributed by atoms with Gasteiger partial charge < -0.3 is 15.0 Å². The maximum Gasteiger partial charge on any atom is 0.254 e. The lowest BCUT2D eigenvalue weighted by molar-refractivity contribution is 0.0950. The molecule has 3 aromatic rings. The second kappa shape index (κ2) is 4.89. The number of aromatic hydroxyl groups is 1. The molecular formula is C13H14N6O2. The molecule has 0 aliphatic rings. The number of phenols is 1. The highest BCUT2D eigenvalue weighted by Crippen LogP contribution is 2.28. The minimum atomic E-state index is -0.242. The van der Waals surface area contributed by atoms with Gasteiger partial charge in [0.1, 0.15) is 5.75 Å². The van der Waals surface area contributed by atoms with Crippen LogP contribution in [0.1, 0.15) is 21.9 Å². The van der Waals surface area contributed by atoms with Crippen molar-refractivity contribution in [2.75, 3.05) is 0 Å². The molecule has 0 saturated heterocycles. The van der Waals surface area contributed by atoms with Crippen molar-refractivity contribution >= 4 is 16.8 Å². The van der Waals surface area contributed by atoms with Crippen molar-refractivity contribution in [2.45, 2.75) is 13.5 Å². The number of amides is 1. The van der Waals surface area contributed by atoms with Crippen molar-refractivity contribution in [1.82, 2.24) is 30.5 Å². The van der Waals surface area contributed by atoms with Crippen molar-refractivity contribution in [3.05, 3.63) is 35.3 Å². The minimum absolute atomic E-state index is 0.125. The van der Waals surface area contributed by atoms with Gasteiger partial charge in [-0.3, -0.25) is 4.79 Å². The van der Waals surface area contributed by atoms with Gasteiger partial charge in [-0.25, -0.2) is 0 Å². The fourth-order valence-corrected chi connectivity index (χ4v) is 2.35. The van der Waals surface area contributed by atoms with Gasteiger partial charge in [0, 0.05) is 23.6 Å². The van der Waals surface area contributed by atoms with Gasteiger partial charge in [0.15, 0.2) is 5.82 Å². The summed E-state index contributed by atoms with van der Waals surface area (Å²) in [5.74, 6) is 0.290. The third-order valence-electron chi connectivity index (χ3n) is 3.50. The topological polar surface area (TPSA) is 109 Å². The van der Waals surface area contributed by atoms with E-state index < -0.39 is 0 Å². The number of nitrogens with zero attached hydrogens (tertiary/aromatic N) is 4. The predicted molar refractivity (Wildman–Crippen MR) is 74.7 cm³/mol. The van der Waals surface area contributed by atoms with Gasteiger partial charge in [0.25, 0.3) is 5.91 Å². The average molecular weight is 286 g/mol. The largest absolute Gasteiger partial charge is 0.508 e. The third kappa shape index (κ3) is 2.20. The quantitative estimate of drug-likeness (QED) is 0.654. The summed E-state index contributed by atoms with van der Waals surface area (Å²) in [6, 6.07) is 4.97. The Morgan fingerprint density at radius 1 is 1.48 bits per heavy atom. The monoisotopic (exact) mass is 286 g/mol. The van der Waals surface area contributed by atoms with E-state index in [0.29, 0.717) is 16.8 Å². The first-order valence-corrected chi connectivity index (χ1v) is 6.36. The molecule has 2 heterocycles. The molecule has 0 bridgehead atoms. The average Bonchev–Trinajstić information content (AvgIpc) is 3.05. The normalized spacial score (nSPS) is 11.0. The summed E-state index contributed by atoms with van der Waals surface area (Å²) in [5.41, 5.74) is 2.24. The number of aromatic nitrogens is 5. The van der Waals surface area contributed by atoms with Gasteiger partial charge in [-0.05, 0) is 25.1 Å². The van der Waals surface area contributed by atoms with Crippen molar-refractivity contribution in [1.29, 1.82) is 0 Å². The van der Waals surface area contributed by atoms with E-state index in [1.807, 2.05) is 18.5 Å². The number of rotatable bonds is 3. The maximum absolute atomic E-state index is 12.4. The number of benzene rings is 1. The molecule has 21 heavy (non-hydrogen) atoms. The van der Waals surface area contributed by atoms with E-state index in [1.54, 1.807) is 18.2 Å². The van der Waals surface area contributed by atoms with E-state index in [4.69, 9.17) is 0 Å². The molecule has 0 fully saturated rings. The first-order valence-electron chi connectivity index (χ1n) is 6.36. The molecule has 108 valence electrons. The SMILES string of the molecule is Cc1c(C(=O)NCc2nn[nH]n2)c2cc(O)ccc2n1C. The minimum Gasteiger partial charge on any atom is -0.508 e. The van der Waals surface area contributed by atoms with Crippen LogP contribution in [0.15, 0.2) is 18.2 Å². The number of carbonyl (C=O) groups excluding carboxylic acids is 1. The number of hydrogen-bond acceptors (Lipinski definition) is 5. The van der Waals surface area contributed by atoms with Gasteiger partial charge in [-0.15, -0.1) is 10.2 Å². The first-order chi connectivity index (χ1) is 10.1. The number of fused-ring (bicyclic) bond motifs is 1. The van der Waals surface area contributed by atoms with Crippen LogP contribution in [0.4, 0.5) is 0 Å². The van der Waals surface area contributed by atoms with Gasteiger partial charge in [-0.1, -0.05) is 5.21 Å². The Morgan fingerprint density at radius 2 is 2.29 bits per heavy atom. The van der Waals surface area contributed by atoms with E-state index in [9.17, 15) is 9.90 Å². The summed E-state index contributed by atoms with van der Waals surface area (Å²) in [7, 11) is 1.88. The smallest absolute Gasteiger partial charge is 0.254 e. The summed E-state index contributed by atoms with van der Waals surface area (Å²) >= 11 is 0. The molecule has 8 heteroatoms. The van der Waals surface area contributed by atoms with E-state index in [-0.39, 0.29) is 18.2 Å². The molecular weight excluding hydrogens is 272 g/mol. The molecule has 0 aliphatic carbocycles. The highest BCUT2D eigenvalue weighted by atomic mass is 16.3. The summed E-state index contributed by atoms with van der Waals surface area (Å²) in [4.78, 5) is 12.4. The number of phenolic OH excluding ortho intramolecular Hbond substituents is 1. The number of aryl methyl sites for hydroxylation is 1. The lowest BCUT2D eigenvalue weighted by Crippen LogP contribution is -2.24. The fraction of sp³-hybridized carbons (Fsp3) is 0.231. The van der Waals surface area contributed by atoms with Crippen LogP contribution in [0.2, 0.25) is 0 Å². The Bertz CT molecular complexity index is 806. The predicted octanol–water partition coefficient (Wildman–Crippen LogP) is 0.635. The maximum atomic E-state index is 12.4. The van der Waals surface area contributed by atoms with E-state index in [2.05, 4.69) is 25.9 Å². The molecule has 0 radical (unpaired) electrons. The van der Waals surface area contributed by atoms with Crippen LogP contribution in [0, 0.1) is 6.92 Å². The molecule has 3 rings (SSSR count). The highest BCUT2D eigenvalue weighted by Gasteiger charge is 2.19. The summed E-state index contributed by atoms with van der Waals surface area (Å²) in [6.07, 6.45) is 0. The van der Waals surface area contributed by atoms with Crippen LogP contribution in [0.5, 0.6) is 5.75 Å². The number of H-pyrrole nitrogens is 1.